The van der Waals surface area contributed by atoms with Crippen molar-refractivity contribution in [2.24, 2.45) is 23.3 Å². The fourth-order valence-electron chi connectivity index (χ4n) is 5.40. The van der Waals surface area contributed by atoms with Crippen molar-refractivity contribution in [3.05, 3.63) is 94.8 Å². The van der Waals surface area contributed by atoms with Crippen LogP contribution in [0.15, 0.2) is 87.1 Å². The van der Waals surface area contributed by atoms with E-state index in [1.165, 1.54) is 21.9 Å². The number of anilines is 2. The molecule has 8 N–H and O–H groups in total. The summed E-state index contributed by atoms with van der Waals surface area (Å²) in [6.45, 7) is 9.90. The maximum atomic E-state index is 12.2. The number of carbonyl (C=O) groups is 3. The van der Waals surface area contributed by atoms with Crippen molar-refractivity contribution in [2.45, 2.75) is 65.7 Å². The van der Waals surface area contributed by atoms with Crippen molar-refractivity contribution in [3.63, 3.8) is 0 Å². The molecule has 2 aliphatic heterocycles. The van der Waals surface area contributed by atoms with Crippen molar-refractivity contribution in [2.75, 3.05) is 52.5 Å². The Hall–Kier alpha value is -6.10. The predicted molar refractivity (Wildman–Crippen MR) is 257 cm³/mol. The van der Waals surface area contributed by atoms with Crippen LogP contribution in [-0.2, 0) is 31.9 Å². The van der Waals surface area contributed by atoms with Crippen LogP contribution < -0.4 is 56.3 Å². The van der Waals surface area contributed by atoms with Crippen LogP contribution in [0.1, 0.15) is 89.5 Å². The third-order valence-electron chi connectivity index (χ3n) is 8.85. The van der Waals surface area contributed by atoms with Gasteiger partial charge in [-0.15, -0.1) is 17.6 Å². The number of aromatic hydroxyl groups is 2. The number of aliphatic carboxylic acids is 1. The summed E-state index contributed by atoms with van der Waals surface area (Å²) in [4.78, 5) is 35.7. The van der Waals surface area contributed by atoms with Crippen LogP contribution in [0.4, 0.5) is 24.5 Å². The van der Waals surface area contributed by atoms with E-state index in [2.05, 4.69) is 33.5 Å². The van der Waals surface area contributed by atoms with E-state index in [9.17, 15) is 41.4 Å². The van der Waals surface area contributed by atoms with Crippen LogP contribution in [0.2, 0.25) is 0 Å². The number of aryl methyl sites for hydroxylation is 2. The minimum absolute atomic E-state index is 0. The fraction of sp³-hybridized carbons (Fsp3) is 0.372. The molecule has 2 aromatic heterocycles. The van der Waals surface area contributed by atoms with Gasteiger partial charge >= 0.3 is 35.7 Å². The number of hydrogen-bond acceptors (Lipinski definition) is 16. The quantitative estimate of drug-likeness (QED) is 0.0872. The molecule has 0 saturated carbocycles. The average Bonchev–Trinajstić information content (AvgIpc) is 4.11. The van der Waals surface area contributed by atoms with Gasteiger partial charge in [0.1, 0.15) is 29.0 Å². The van der Waals surface area contributed by atoms with Crippen LogP contribution in [0.5, 0.6) is 11.5 Å². The molecule has 22 nitrogen and oxygen atoms in total. The summed E-state index contributed by atoms with van der Waals surface area (Å²) in [5.74, 6) is -0.0606. The van der Waals surface area contributed by atoms with E-state index in [4.69, 9.17) is 34.3 Å². The predicted octanol–water partition coefficient (Wildman–Crippen LogP) is 1.38. The van der Waals surface area contributed by atoms with Crippen molar-refractivity contribution in [1.29, 1.82) is 0 Å². The number of alkyl halides is 3. The number of nitrogens with zero attached hydrogens (tertiary/aromatic N) is 6. The number of para-hydroxylation sites is 2. The number of amidine groups is 3. The summed E-state index contributed by atoms with van der Waals surface area (Å²) in [6, 6.07) is 16.9. The number of amides is 2. The van der Waals surface area contributed by atoms with Gasteiger partial charge in [-0.25, -0.2) is 8.42 Å². The standard InChI is InChI=1S/C19H23N5O4S.C13H16N4O4S.C8H13NO.C2HF3O2.CH4O.Na/c1-5-13(15-10-9-11(2)28-15)20-17-18(23-29(27)22-17)21-14-8-6-7-12(16(14)25)19(26)24(3)4;1-4-21-12-11(15-22(20)16-12)14-9-7-5-6-8(10(9)18)13(19)17(2)3;1-3-7(9)8-5-4-6(2)10-8;3-2(4,5)1(6)7;1-2;/h6-10,13,25H,5H2,1-4H3,(H,20,22)(H,21,23);5-7,18H,4H2,1-3H3,(H,14,15);4-5,7H,3,9H2,1-2H3;(H,6,7);2H,1H3;/q;;;;;+1/p-1/t13-,29?;;7-;;;/m1.1.../s1. The molecule has 0 aliphatic carbocycles. The molecule has 4 heterocycles. The number of nitrogens with one attached hydrogen (secondary N) is 3. The molecular weight excluding hydrogens is 993 g/mol. The van der Waals surface area contributed by atoms with Gasteiger partial charge in [0.05, 0.1) is 41.2 Å². The van der Waals surface area contributed by atoms with E-state index in [-0.39, 0.29) is 111 Å². The van der Waals surface area contributed by atoms with E-state index in [1.54, 1.807) is 59.4 Å². The molecule has 4 aromatic rings. The summed E-state index contributed by atoms with van der Waals surface area (Å²) in [7, 11) is 7.38. The third kappa shape index (κ3) is 19.2. The molecule has 0 radical (unpaired) electrons. The van der Waals surface area contributed by atoms with Gasteiger partial charge in [0, 0.05) is 35.3 Å². The molecule has 0 spiro atoms. The normalized spacial score (nSPS) is 15.1. The van der Waals surface area contributed by atoms with Gasteiger partial charge in [-0.05, 0) is 82.1 Å². The summed E-state index contributed by atoms with van der Waals surface area (Å²) < 4.78 is 86.5. The first-order chi connectivity index (χ1) is 32.9. The Balaban J connectivity index is 0.000000525. The number of furan rings is 2. The van der Waals surface area contributed by atoms with Crippen molar-refractivity contribution in [3.8, 4) is 11.5 Å². The Kier molecular flexibility index (Phi) is 26.5. The first kappa shape index (κ1) is 62.9. The number of hydrogen-bond donors (Lipinski definition) is 7. The monoisotopic (exact) mass is 1050 g/mol. The van der Waals surface area contributed by atoms with E-state index in [0.717, 1.165) is 36.6 Å². The fourth-order valence-corrected chi connectivity index (χ4v) is 6.63. The maximum absolute atomic E-state index is 12.2. The van der Waals surface area contributed by atoms with E-state index in [1.807, 2.05) is 52.0 Å². The van der Waals surface area contributed by atoms with Crippen molar-refractivity contribution in [1.82, 2.24) is 15.1 Å². The molecule has 2 aliphatic rings. The molecule has 2 aromatic carbocycles. The number of aliphatic hydroxyl groups is 1. The maximum Gasteiger partial charge on any atom is 1.00 e. The molecule has 0 fully saturated rings. The van der Waals surface area contributed by atoms with Gasteiger partial charge in [-0.3, -0.25) is 9.59 Å². The van der Waals surface area contributed by atoms with Crippen LogP contribution in [0.3, 0.4) is 0 Å². The van der Waals surface area contributed by atoms with E-state index >= 15 is 0 Å². The second kappa shape index (κ2) is 29.9. The molecule has 6 rings (SSSR count). The smallest absolute Gasteiger partial charge is 0.542 e. The molecule has 4 atom stereocenters. The number of carboxylic acid groups (broad SMARTS) is 1. The van der Waals surface area contributed by atoms with Gasteiger partial charge in [0.25, 0.3) is 40.1 Å². The van der Waals surface area contributed by atoms with Gasteiger partial charge in [-0.2, -0.15) is 13.2 Å². The number of phenols is 2. The number of nitrogens with two attached hydrogens (primary N) is 1. The average molecular weight is 1050 g/mol. The number of carbonyl (C=O) groups excluding carboxylic acids is 3. The minimum atomic E-state index is -5.19. The number of carboxylic acids is 1. The van der Waals surface area contributed by atoms with Crippen LogP contribution >= 0.6 is 0 Å². The van der Waals surface area contributed by atoms with Gasteiger partial charge < -0.3 is 70.3 Å². The van der Waals surface area contributed by atoms with E-state index < -0.39 is 34.5 Å². The zero-order valence-corrected chi connectivity index (χ0v) is 44.4. The molecule has 384 valence electrons. The Morgan fingerprint density at radius 3 is 1.55 bits per heavy atom. The molecule has 71 heavy (non-hydrogen) atoms. The van der Waals surface area contributed by atoms with Crippen LogP contribution in [-0.4, -0.2) is 123 Å². The molecular formula is C43H56F3N10NaO12S2. The third-order valence-corrected chi connectivity index (χ3v) is 10.2. The van der Waals surface area contributed by atoms with E-state index in [0.29, 0.717) is 13.0 Å². The number of halogens is 3. The molecule has 28 heteroatoms. The van der Waals surface area contributed by atoms with Gasteiger partial charge in [-0.1, -0.05) is 26.0 Å². The first-order valence-corrected chi connectivity index (χ1v) is 22.9. The topological polar surface area (TPSA) is 323 Å². The van der Waals surface area contributed by atoms with Crippen molar-refractivity contribution < 1.29 is 99.5 Å². The zero-order chi connectivity index (χ0) is 53.0. The SMILES string of the molecule is CCOC1=NS(=O)N=C1Nc1cccc(C(=O)N(C)C)c1O.CC[C@@H](N)c1ccc(C)o1.CC[C@@H](NC1=NS(=O)N=C1Nc1cccc(C(=O)N(C)C)c1O)c1ccc(C)o1.CO.O=C([O-])C(F)(F)F.[Na+]. The second-order valence-electron chi connectivity index (χ2n) is 14.5. The van der Waals surface area contributed by atoms with Crippen molar-refractivity contribution >= 4 is 74.9 Å². The molecule has 0 bridgehead atoms. The number of phenolic OH excluding ortho intramolecular Hbond substituents is 2. The number of ether oxygens (including phenoxy) is 1. The Bertz CT molecular complexity index is 2600. The van der Waals surface area contributed by atoms with Crippen LogP contribution in [0, 0.1) is 13.8 Å². The summed E-state index contributed by atoms with van der Waals surface area (Å²) in [5, 5.41) is 45.4. The number of rotatable bonds is 10. The molecule has 0 saturated heterocycles. The summed E-state index contributed by atoms with van der Waals surface area (Å²) in [6.07, 6.45) is -3.57. The summed E-state index contributed by atoms with van der Waals surface area (Å²) >= 11 is -3.55. The first-order valence-electron chi connectivity index (χ1n) is 20.7. The number of aliphatic hydroxyl groups excluding tert-OH is 1. The summed E-state index contributed by atoms with van der Waals surface area (Å²) in [5.41, 5.74) is 6.50. The number of benzene rings is 2. The Morgan fingerprint density at radius 2 is 1.15 bits per heavy atom. The van der Waals surface area contributed by atoms with Crippen LogP contribution in [0.25, 0.3) is 0 Å². The largest absolute Gasteiger partial charge is 1.00 e. The second-order valence-corrected chi connectivity index (χ2v) is 16.1. The zero-order valence-electron chi connectivity index (χ0n) is 40.8. The molecule has 2 unspecified atom stereocenters. The Labute approximate surface area is 435 Å². The molecule has 2 amide bonds. The van der Waals surface area contributed by atoms with Gasteiger partial charge in [0.2, 0.25) is 5.84 Å². The minimum Gasteiger partial charge on any atom is -0.542 e. The Morgan fingerprint density at radius 1 is 0.732 bits per heavy atom. The van der Waals surface area contributed by atoms with Gasteiger partial charge in [0.15, 0.2) is 23.2 Å².